The Balaban J connectivity index is 1.60. The Morgan fingerprint density at radius 2 is 1.78 bits per heavy atom. The predicted molar refractivity (Wildman–Crippen MR) is 108 cm³/mol. The number of carbonyl (C=O) groups is 1. The number of hydrogen-bond acceptors (Lipinski definition) is 5. The van der Waals surface area contributed by atoms with E-state index in [0.717, 1.165) is 22.4 Å². The summed E-state index contributed by atoms with van der Waals surface area (Å²) in [5, 5.41) is 4.15. The number of halogens is 1. The number of aromatic nitrogens is 1. The van der Waals surface area contributed by atoms with Gasteiger partial charge in [-0.15, -0.1) is 11.3 Å². The number of nitrogens with one attached hydrogen (secondary N) is 1. The van der Waals surface area contributed by atoms with Gasteiger partial charge >= 0.3 is 0 Å². The Morgan fingerprint density at radius 3 is 2.48 bits per heavy atom. The highest BCUT2D eigenvalue weighted by Gasteiger charge is 2.11. The number of amides is 1. The number of anilines is 1. The summed E-state index contributed by atoms with van der Waals surface area (Å²) in [6.45, 7) is 0. The Bertz CT molecular complexity index is 925. The van der Waals surface area contributed by atoms with E-state index in [1.54, 1.807) is 32.5 Å². The molecule has 0 aliphatic heterocycles. The van der Waals surface area contributed by atoms with Gasteiger partial charge in [-0.1, -0.05) is 29.8 Å². The maximum atomic E-state index is 12.3. The number of carbonyl (C=O) groups excluding carboxylic acids is 1. The Morgan fingerprint density at radius 1 is 1.07 bits per heavy atom. The molecule has 0 aliphatic carbocycles. The fraction of sp³-hybridized carbons (Fsp3) is 0.200. The molecule has 0 spiro atoms. The van der Waals surface area contributed by atoms with E-state index in [0.29, 0.717) is 21.7 Å². The second-order valence-electron chi connectivity index (χ2n) is 5.85. The third-order valence-corrected chi connectivity index (χ3v) is 5.07. The van der Waals surface area contributed by atoms with Crippen LogP contribution in [0.4, 0.5) is 5.13 Å². The Labute approximate surface area is 166 Å². The van der Waals surface area contributed by atoms with E-state index in [1.165, 1.54) is 11.3 Å². The Hall–Kier alpha value is -2.57. The van der Waals surface area contributed by atoms with E-state index in [1.807, 2.05) is 30.3 Å². The molecule has 27 heavy (non-hydrogen) atoms. The monoisotopic (exact) mass is 402 g/mol. The summed E-state index contributed by atoms with van der Waals surface area (Å²) in [5.41, 5.74) is 1.98. The molecule has 140 valence electrons. The van der Waals surface area contributed by atoms with Crippen LogP contribution in [0.2, 0.25) is 5.02 Å². The average molecular weight is 403 g/mol. The third-order valence-electron chi connectivity index (χ3n) is 3.90. The Kier molecular flexibility index (Phi) is 6.32. The third kappa shape index (κ3) is 5.21. The highest BCUT2D eigenvalue weighted by atomic mass is 35.5. The van der Waals surface area contributed by atoms with Gasteiger partial charge < -0.3 is 14.8 Å². The maximum Gasteiger partial charge on any atom is 0.230 e. The highest BCUT2D eigenvalue weighted by molar-refractivity contribution is 7.15. The molecule has 0 radical (unpaired) electrons. The average Bonchev–Trinajstić information content (AvgIpc) is 3.10. The number of nitrogens with zero attached hydrogens (tertiary/aromatic N) is 1. The van der Waals surface area contributed by atoms with Gasteiger partial charge in [-0.05, 0) is 35.4 Å². The van der Waals surface area contributed by atoms with Crippen LogP contribution in [-0.2, 0) is 17.6 Å². The number of ether oxygens (including phenoxy) is 2. The largest absolute Gasteiger partial charge is 0.493 e. The summed E-state index contributed by atoms with van der Waals surface area (Å²) >= 11 is 7.37. The van der Waals surface area contributed by atoms with Crippen molar-refractivity contribution in [2.24, 2.45) is 0 Å². The molecule has 0 atom stereocenters. The first-order chi connectivity index (χ1) is 13.1. The summed E-state index contributed by atoms with van der Waals surface area (Å²) in [4.78, 5) is 17.7. The van der Waals surface area contributed by atoms with Crippen molar-refractivity contribution in [2.45, 2.75) is 12.8 Å². The fourth-order valence-electron chi connectivity index (χ4n) is 2.59. The van der Waals surface area contributed by atoms with Gasteiger partial charge in [0.15, 0.2) is 16.6 Å². The lowest BCUT2D eigenvalue weighted by Crippen LogP contribution is -2.14. The lowest BCUT2D eigenvalue weighted by atomic mass is 10.1. The van der Waals surface area contributed by atoms with Gasteiger partial charge in [0, 0.05) is 22.5 Å². The van der Waals surface area contributed by atoms with Crippen LogP contribution in [0.3, 0.4) is 0 Å². The minimum Gasteiger partial charge on any atom is -0.493 e. The lowest BCUT2D eigenvalue weighted by molar-refractivity contribution is -0.115. The lowest BCUT2D eigenvalue weighted by Gasteiger charge is -2.09. The van der Waals surface area contributed by atoms with Crippen molar-refractivity contribution in [1.82, 2.24) is 4.98 Å². The molecule has 0 fully saturated rings. The SMILES string of the molecule is COc1ccc(CC(=O)Nc2ncc(Cc3ccc(Cl)cc3)s2)cc1OC. The van der Waals surface area contributed by atoms with E-state index >= 15 is 0 Å². The zero-order valence-corrected chi connectivity index (χ0v) is 16.6. The first-order valence-electron chi connectivity index (χ1n) is 8.27. The van der Waals surface area contributed by atoms with Crippen molar-refractivity contribution in [3.05, 3.63) is 69.7 Å². The molecule has 1 N–H and O–H groups in total. The second kappa shape index (κ2) is 8.88. The molecular weight excluding hydrogens is 384 g/mol. The summed E-state index contributed by atoms with van der Waals surface area (Å²) in [6.07, 6.45) is 2.76. The zero-order valence-electron chi connectivity index (χ0n) is 15.0. The van der Waals surface area contributed by atoms with Crippen molar-refractivity contribution < 1.29 is 14.3 Å². The van der Waals surface area contributed by atoms with Gasteiger partial charge in [-0.2, -0.15) is 0 Å². The molecule has 7 heteroatoms. The zero-order chi connectivity index (χ0) is 19.2. The van der Waals surface area contributed by atoms with Gasteiger partial charge in [0.25, 0.3) is 0 Å². The highest BCUT2D eigenvalue weighted by Crippen LogP contribution is 2.28. The first kappa shape index (κ1) is 19.2. The summed E-state index contributed by atoms with van der Waals surface area (Å²) in [7, 11) is 3.15. The van der Waals surface area contributed by atoms with Gasteiger partial charge in [0.1, 0.15) is 0 Å². The number of hydrogen-bond donors (Lipinski definition) is 1. The van der Waals surface area contributed by atoms with Crippen LogP contribution in [-0.4, -0.2) is 25.1 Å². The van der Waals surface area contributed by atoms with Gasteiger partial charge in [-0.25, -0.2) is 4.98 Å². The number of rotatable bonds is 7. The smallest absolute Gasteiger partial charge is 0.230 e. The van der Waals surface area contributed by atoms with E-state index < -0.39 is 0 Å². The van der Waals surface area contributed by atoms with Crippen LogP contribution in [0.5, 0.6) is 11.5 Å². The molecule has 0 saturated heterocycles. The normalized spacial score (nSPS) is 10.5. The molecular formula is C20H19ClN2O3S. The van der Waals surface area contributed by atoms with Crippen molar-refractivity contribution in [3.8, 4) is 11.5 Å². The minimum atomic E-state index is -0.130. The van der Waals surface area contributed by atoms with Crippen molar-refractivity contribution in [3.63, 3.8) is 0 Å². The van der Waals surface area contributed by atoms with Crippen molar-refractivity contribution in [2.75, 3.05) is 19.5 Å². The fourth-order valence-corrected chi connectivity index (χ4v) is 3.58. The topological polar surface area (TPSA) is 60.5 Å². The molecule has 3 rings (SSSR count). The molecule has 0 aliphatic rings. The molecule has 2 aromatic carbocycles. The molecule has 1 heterocycles. The van der Waals surface area contributed by atoms with Crippen molar-refractivity contribution >= 4 is 34.0 Å². The number of benzene rings is 2. The van der Waals surface area contributed by atoms with E-state index in [4.69, 9.17) is 21.1 Å². The first-order valence-corrected chi connectivity index (χ1v) is 9.46. The number of methoxy groups -OCH3 is 2. The van der Waals surface area contributed by atoms with Crippen LogP contribution in [0, 0.1) is 0 Å². The molecule has 1 aromatic heterocycles. The van der Waals surface area contributed by atoms with E-state index in [9.17, 15) is 4.79 Å². The van der Waals surface area contributed by atoms with Gasteiger partial charge in [0.05, 0.1) is 20.6 Å². The summed E-state index contributed by atoms with van der Waals surface area (Å²) < 4.78 is 10.5. The number of thiazole rings is 1. The van der Waals surface area contributed by atoms with Crippen LogP contribution < -0.4 is 14.8 Å². The molecule has 3 aromatic rings. The quantitative estimate of drug-likeness (QED) is 0.628. The van der Waals surface area contributed by atoms with Gasteiger partial charge in [0.2, 0.25) is 5.91 Å². The minimum absolute atomic E-state index is 0.130. The van der Waals surface area contributed by atoms with Gasteiger partial charge in [-0.3, -0.25) is 4.79 Å². The maximum absolute atomic E-state index is 12.3. The van der Waals surface area contributed by atoms with Crippen LogP contribution in [0.1, 0.15) is 16.0 Å². The van der Waals surface area contributed by atoms with E-state index in [-0.39, 0.29) is 12.3 Å². The van der Waals surface area contributed by atoms with Crippen LogP contribution >= 0.6 is 22.9 Å². The summed E-state index contributed by atoms with van der Waals surface area (Å²) in [5.74, 6) is 1.10. The summed E-state index contributed by atoms with van der Waals surface area (Å²) in [6, 6.07) is 13.1. The van der Waals surface area contributed by atoms with Crippen LogP contribution in [0.25, 0.3) is 0 Å². The van der Waals surface area contributed by atoms with Crippen LogP contribution in [0.15, 0.2) is 48.7 Å². The predicted octanol–water partition coefficient (Wildman–Crippen LogP) is 4.59. The van der Waals surface area contributed by atoms with E-state index in [2.05, 4.69) is 10.3 Å². The molecule has 0 unspecified atom stereocenters. The second-order valence-corrected chi connectivity index (χ2v) is 7.40. The van der Waals surface area contributed by atoms with Crippen molar-refractivity contribution in [1.29, 1.82) is 0 Å². The molecule has 0 bridgehead atoms. The molecule has 0 saturated carbocycles. The standard InChI is InChI=1S/C20H19ClN2O3S/c1-25-17-8-5-14(10-18(17)26-2)11-19(24)23-20-22-12-16(27-20)9-13-3-6-15(21)7-4-13/h3-8,10,12H,9,11H2,1-2H3,(H,22,23,24). The molecule has 5 nitrogen and oxygen atoms in total. The molecule has 1 amide bonds.